The molecule has 0 aliphatic rings. The van der Waals surface area contributed by atoms with Gasteiger partial charge in [-0.15, -0.1) is 0 Å². The second kappa shape index (κ2) is 8.67. The normalized spacial score (nSPS) is 10.6. The summed E-state index contributed by atoms with van der Waals surface area (Å²) in [7, 11) is 0. The van der Waals surface area contributed by atoms with Crippen molar-refractivity contribution in [1.29, 1.82) is 0 Å². The summed E-state index contributed by atoms with van der Waals surface area (Å²) >= 11 is 0. The monoisotopic (exact) mass is 411 g/mol. The Morgan fingerprint density at radius 3 is 2.06 bits per heavy atom. The van der Waals surface area contributed by atoms with E-state index in [4.69, 9.17) is 0 Å². The zero-order chi connectivity index (χ0) is 21.8. The number of anilines is 1. The van der Waals surface area contributed by atoms with Crippen molar-refractivity contribution in [2.24, 2.45) is 0 Å². The molecule has 6 nitrogen and oxygen atoms in total. The van der Waals surface area contributed by atoms with Gasteiger partial charge >= 0.3 is 0 Å². The maximum atomic E-state index is 13.4. The third-order valence-electron chi connectivity index (χ3n) is 4.92. The van der Waals surface area contributed by atoms with Crippen molar-refractivity contribution in [3.8, 4) is 28.1 Å². The lowest BCUT2D eigenvalue weighted by Crippen LogP contribution is -2.32. The van der Waals surface area contributed by atoms with Crippen LogP contribution in [0.15, 0.2) is 89.7 Å². The molecule has 2 N–H and O–H groups in total. The number of nitrogens with zero attached hydrogens (tertiary/aromatic N) is 2. The van der Waals surface area contributed by atoms with Gasteiger partial charge in [-0.2, -0.15) is 5.10 Å². The standard InChI is InChI=1S/C25H21N3O3/c1-2-28-25(31)22(24(30)26-19-13-15-20(29)16-14-19)21(17-9-5-3-6-10-17)23(27-28)18-11-7-4-8-12-18/h3-16,29H,2H2,1H3,(H,26,30). The van der Waals surface area contributed by atoms with Crippen LogP contribution < -0.4 is 10.9 Å². The molecule has 0 spiro atoms. The average Bonchev–Trinajstić information content (AvgIpc) is 2.81. The Balaban J connectivity index is 1.97. The van der Waals surface area contributed by atoms with Crippen molar-refractivity contribution in [3.05, 3.63) is 101 Å². The van der Waals surface area contributed by atoms with Crippen LogP contribution in [0, 0.1) is 0 Å². The minimum Gasteiger partial charge on any atom is -0.508 e. The van der Waals surface area contributed by atoms with Crippen LogP contribution in [0.1, 0.15) is 17.3 Å². The predicted molar refractivity (Wildman–Crippen MR) is 121 cm³/mol. The van der Waals surface area contributed by atoms with Crippen LogP contribution in [0.3, 0.4) is 0 Å². The van der Waals surface area contributed by atoms with Gasteiger partial charge in [0.05, 0.1) is 5.69 Å². The van der Waals surface area contributed by atoms with Crippen LogP contribution in [-0.2, 0) is 6.54 Å². The van der Waals surface area contributed by atoms with Crippen LogP contribution in [0.5, 0.6) is 5.75 Å². The third kappa shape index (κ3) is 4.09. The first-order chi connectivity index (χ1) is 15.1. The molecule has 1 heterocycles. The molecule has 0 bridgehead atoms. The highest BCUT2D eigenvalue weighted by molar-refractivity contribution is 6.10. The Hall–Kier alpha value is -4.19. The molecule has 0 fully saturated rings. The van der Waals surface area contributed by atoms with Gasteiger partial charge in [0, 0.05) is 23.4 Å². The molecule has 31 heavy (non-hydrogen) atoms. The zero-order valence-electron chi connectivity index (χ0n) is 16.9. The molecular weight excluding hydrogens is 390 g/mol. The van der Waals surface area contributed by atoms with Crippen LogP contribution in [-0.4, -0.2) is 20.8 Å². The van der Waals surface area contributed by atoms with Crippen molar-refractivity contribution in [3.63, 3.8) is 0 Å². The van der Waals surface area contributed by atoms with Gasteiger partial charge in [0.15, 0.2) is 0 Å². The van der Waals surface area contributed by atoms with E-state index in [0.29, 0.717) is 23.5 Å². The molecule has 1 amide bonds. The van der Waals surface area contributed by atoms with E-state index in [2.05, 4.69) is 10.4 Å². The van der Waals surface area contributed by atoms with E-state index in [1.807, 2.05) is 67.6 Å². The first-order valence-corrected chi connectivity index (χ1v) is 9.95. The lowest BCUT2D eigenvalue weighted by molar-refractivity contribution is 0.102. The quantitative estimate of drug-likeness (QED) is 0.472. The second-order valence-corrected chi connectivity index (χ2v) is 6.95. The number of rotatable bonds is 5. The van der Waals surface area contributed by atoms with E-state index in [-0.39, 0.29) is 11.3 Å². The molecule has 154 valence electrons. The van der Waals surface area contributed by atoms with Gasteiger partial charge < -0.3 is 10.4 Å². The average molecular weight is 411 g/mol. The number of amides is 1. The van der Waals surface area contributed by atoms with E-state index >= 15 is 0 Å². The number of hydrogen-bond donors (Lipinski definition) is 2. The molecule has 0 aliphatic carbocycles. The highest BCUT2D eigenvalue weighted by Crippen LogP contribution is 2.32. The molecule has 0 unspecified atom stereocenters. The molecule has 6 heteroatoms. The first-order valence-electron chi connectivity index (χ1n) is 9.95. The number of nitrogens with one attached hydrogen (secondary N) is 1. The third-order valence-corrected chi connectivity index (χ3v) is 4.92. The molecule has 3 aromatic carbocycles. The van der Waals surface area contributed by atoms with Gasteiger partial charge in [0.25, 0.3) is 11.5 Å². The summed E-state index contributed by atoms with van der Waals surface area (Å²) in [5, 5.41) is 16.9. The molecule has 1 aromatic heterocycles. The summed E-state index contributed by atoms with van der Waals surface area (Å²) in [5.41, 5.74) is 2.61. The zero-order valence-corrected chi connectivity index (χ0v) is 16.9. The summed E-state index contributed by atoms with van der Waals surface area (Å²) in [4.78, 5) is 26.6. The maximum Gasteiger partial charge on any atom is 0.280 e. The Labute approximate surface area is 179 Å². The topological polar surface area (TPSA) is 84.2 Å². The van der Waals surface area contributed by atoms with Gasteiger partial charge in [-0.25, -0.2) is 4.68 Å². The number of phenolic OH excluding ortho intramolecular Hbond substituents is 1. The number of carbonyl (C=O) groups is 1. The highest BCUT2D eigenvalue weighted by Gasteiger charge is 2.25. The fraction of sp³-hybridized carbons (Fsp3) is 0.0800. The van der Waals surface area contributed by atoms with Crippen molar-refractivity contribution in [1.82, 2.24) is 9.78 Å². The van der Waals surface area contributed by atoms with E-state index < -0.39 is 11.5 Å². The molecule has 0 saturated heterocycles. The summed E-state index contributed by atoms with van der Waals surface area (Å²) in [5.74, 6) is -0.442. The highest BCUT2D eigenvalue weighted by atomic mass is 16.3. The maximum absolute atomic E-state index is 13.4. The molecule has 0 saturated carbocycles. The van der Waals surface area contributed by atoms with Crippen LogP contribution in [0.25, 0.3) is 22.4 Å². The summed E-state index contributed by atoms with van der Waals surface area (Å²) in [6, 6.07) is 24.9. The summed E-state index contributed by atoms with van der Waals surface area (Å²) < 4.78 is 1.31. The van der Waals surface area contributed by atoms with Crippen molar-refractivity contribution >= 4 is 11.6 Å². The van der Waals surface area contributed by atoms with Crippen molar-refractivity contribution in [2.75, 3.05) is 5.32 Å². The van der Waals surface area contributed by atoms with Crippen LogP contribution in [0.2, 0.25) is 0 Å². The molecule has 0 atom stereocenters. The van der Waals surface area contributed by atoms with E-state index in [0.717, 1.165) is 11.1 Å². The number of hydrogen-bond acceptors (Lipinski definition) is 4. The molecule has 0 aliphatic heterocycles. The van der Waals surface area contributed by atoms with Crippen molar-refractivity contribution < 1.29 is 9.90 Å². The smallest absolute Gasteiger partial charge is 0.280 e. The Bertz CT molecular complexity index is 1270. The summed E-state index contributed by atoms with van der Waals surface area (Å²) in [6.07, 6.45) is 0. The van der Waals surface area contributed by atoms with Crippen LogP contribution >= 0.6 is 0 Å². The number of phenols is 1. The van der Waals surface area contributed by atoms with Crippen LogP contribution in [0.4, 0.5) is 5.69 Å². The first kappa shape index (κ1) is 20.1. The van der Waals surface area contributed by atoms with E-state index in [1.165, 1.54) is 16.8 Å². The molecule has 4 rings (SSSR count). The van der Waals surface area contributed by atoms with E-state index in [1.54, 1.807) is 12.1 Å². The number of benzene rings is 3. The lowest BCUT2D eigenvalue weighted by Gasteiger charge is -2.17. The van der Waals surface area contributed by atoms with Crippen molar-refractivity contribution in [2.45, 2.75) is 13.5 Å². The van der Waals surface area contributed by atoms with Gasteiger partial charge in [0.1, 0.15) is 11.3 Å². The lowest BCUT2D eigenvalue weighted by atomic mass is 9.95. The minimum atomic E-state index is -0.531. The van der Waals surface area contributed by atoms with Gasteiger partial charge in [0.2, 0.25) is 0 Å². The number of carbonyl (C=O) groups excluding carboxylic acids is 1. The molecular formula is C25H21N3O3. The Morgan fingerprint density at radius 1 is 0.903 bits per heavy atom. The molecule has 0 radical (unpaired) electrons. The van der Waals surface area contributed by atoms with Gasteiger partial charge in [-0.05, 0) is 36.8 Å². The Kier molecular flexibility index (Phi) is 5.62. The fourth-order valence-electron chi connectivity index (χ4n) is 3.42. The minimum absolute atomic E-state index is 0.0231. The number of aromatic hydroxyl groups is 1. The van der Waals surface area contributed by atoms with Gasteiger partial charge in [-0.1, -0.05) is 60.7 Å². The second-order valence-electron chi connectivity index (χ2n) is 6.95. The Morgan fingerprint density at radius 2 is 1.48 bits per heavy atom. The number of aryl methyl sites for hydroxylation is 1. The van der Waals surface area contributed by atoms with E-state index in [9.17, 15) is 14.7 Å². The largest absolute Gasteiger partial charge is 0.508 e. The molecule has 4 aromatic rings. The predicted octanol–water partition coefficient (Wildman–Crippen LogP) is 4.56. The SMILES string of the molecule is CCn1nc(-c2ccccc2)c(-c2ccccc2)c(C(=O)Nc2ccc(O)cc2)c1=O. The van der Waals surface area contributed by atoms with Gasteiger partial charge in [-0.3, -0.25) is 9.59 Å². The summed E-state index contributed by atoms with van der Waals surface area (Å²) in [6.45, 7) is 2.14. The number of aromatic nitrogens is 2. The fourth-order valence-corrected chi connectivity index (χ4v) is 3.42.